The molecule has 0 heterocycles. The zero-order chi connectivity index (χ0) is 41.4. The fourth-order valence-electron chi connectivity index (χ4n) is 6.50. The molecule has 328 valence electrons. The van der Waals surface area contributed by atoms with E-state index in [1.807, 2.05) is 0 Å². The molecule has 1 fully saturated rings. The lowest BCUT2D eigenvalue weighted by atomic mass is 9.85. The highest BCUT2D eigenvalue weighted by molar-refractivity contribution is 7.47. The Bertz CT molecular complexity index is 1090. The van der Waals surface area contributed by atoms with E-state index in [1.54, 1.807) is 0 Å². The van der Waals surface area contributed by atoms with Gasteiger partial charge >= 0.3 is 19.8 Å². The van der Waals surface area contributed by atoms with Crippen LogP contribution in [-0.2, 0) is 32.7 Å². The van der Waals surface area contributed by atoms with E-state index in [4.69, 9.17) is 18.5 Å². The predicted molar refractivity (Wildman–Crippen MR) is 217 cm³/mol. The molecule has 6 unspecified atom stereocenters. The summed E-state index contributed by atoms with van der Waals surface area (Å²) in [6, 6.07) is 0. The number of aliphatic hydroxyl groups excluding tert-OH is 5. The first-order chi connectivity index (χ1) is 26.9. The van der Waals surface area contributed by atoms with Crippen molar-refractivity contribution >= 4 is 19.8 Å². The maximum atomic E-state index is 12.8. The van der Waals surface area contributed by atoms with Gasteiger partial charge in [-0.25, -0.2) is 4.57 Å². The summed E-state index contributed by atoms with van der Waals surface area (Å²) in [6.45, 7) is 3.21. The number of ether oxygens (including phenoxy) is 2. The molecule has 14 heteroatoms. The SMILES string of the molecule is CCC/C=C\C/C=C\CCCCCCCC(=O)OC(COC(=O)CCCCCCCCCCCCCCCC)COP(=O)(O)OC1C(O)C(O)C(O)C(O)C1O. The molecule has 0 amide bonds. The van der Waals surface area contributed by atoms with Gasteiger partial charge in [-0.3, -0.25) is 18.6 Å². The van der Waals surface area contributed by atoms with E-state index in [1.165, 1.54) is 64.2 Å². The summed E-state index contributed by atoms with van der Waals surface area (Å²) in [4.78, 5) is 35.6. The Kier molecular flexibility index (Phi) is 31.0. The summed E-state index contributed by atoms with van der Waals surface area (Å²) in [7, 11) is -5.11. The lowest BCUT2D eigenvalue weighted by Crippen LogP contribution is -2.64. The zero-order valence-electron chi connectivity index (χ0n) is 34.4. The molecule has 0 saturated heterocycles. The van der Waals surface area contributed by atoms with Gasteiger partial charge in [0.25, 0.3) is 0 Å². The van der Waals surface area contributed by atoms with Crippen LogP contribution in [0.2, 0.25) is 0 Å². The molecule has 56 heavy (non-hydrogen) atoms. The second kappa shape index (κ2) is 33.2. The maximum absolute atomic E-state index is 12.8. The molecule has 6 atom stereocenters. The molecule has 1 aliphatic rings. The first kappa shape index (κ1) is 52.3. The second-order valence-electron chi connectivity index (χ2n) is 15.2. The number of allylic oxidation sites excluding steroid dienone is 4. The number of phosphoric acid groups is 1. The summed E-state index contributed by atoms with van der Waals surface area (Å²) >= 11 is 0. The average molecular weight is 821 g/mol. The molecular formula is C42H77O13P. The molecule has 13 nitrogen and oxygen atoms in total. The molecule has 0 aromatic carbocycles. The number of carbonyl (C=O) groups is 2. The number of esters is 2. The minimum atomic E-state index is -5.11. The van der Waals surface area contributed by atoms with Crippen molar-refractivity contribution in [3.05, 3.63) is 24.3 Å². The van der Waals surface area contributed by atoms with Crippen LogP contribution in [0, 0.1) is 0 Å². The van der Waals surface area contributed by atoms with Gasteiger partial charge in [0.05, 0.1) is 6.61 Å². The van der Waals surface area contributed by atoms with Crippen molar-refractivity contribution in [1.82, 2.24) is 0 Å². The highest BCUT2D eigenvalue weighted by Gasteiger charge is 2.51. The fourth-order valence-corrected chi connectivity index (χ4v) is 7.47. The van der Waals surface area contributed by atoms with Gasteiger partial charge in [-0.05, 0) is 38.5 Å². The minimum Gasteiger partial charge on any atom is -0.462 e. The van der Waals surface area contributed by atoms with Crippen LogP contribution in [0.4, 0.5) is 0 Å². The molecule has 0 aliphatic heterocycles. The quantitative estimate of drug-likeness (QED) is 0.0157. The Labute approximate surface area is 336 Å². The molecule has 0 radical (unpaired) electrons. The molecule has 6 N–H and O–H groups in total. The largest absolute Gasteiger partial charge is 0.472 e. The van der Waals surface area contributed by atoms with Gasteiger partial charge in [0, 0.05) is 12.8 Å². The zero-order valence-corrected chi connectivity index (χ0v) is 35.3. The van der Waals surface area contributed by atoms with E-state index < -0.39 is 75.7 Å². The van der Waals surface area contributed by atoms with Gasteiger partial charge in [-0.1, -0.05) is 147 Å². The average Bonchev–Trinajstić information content (AvgIpc) is 3.18. The van der Waals surface area contributed by atoms with Gasteiger partial charge in [-0.2, -0.15) is 0 Å². The second-order valence-corrected chi connectivity index (χ2v) is 16.6. The third kappa shape index (κ3) is 25.6. The number of rotatable bonds is 35. The van der Waals surface area contributed by atoms with Crippen molar-refractivity contribution in [2.45, 2.75) is 217 Å². The topological polar surface area (TPSA) is 210 Å². The summed E-state index contributed by atoms with van der Waals surface area (Å²) in [5.74, 6) is -1.11. The highest BCUT2D eigenvalue weighted by Crippen LogP contribution is 2.47. The van der Waals surface area contributed by atoms with Crippen LogP contribution in [0.1, 0.15) is 174 Å². The maximum Gasteiger partial charge on any atom is 0.472 e. The summed E-state index contributed by atoms with van der Waals surface area (Å²) < 4.78 is 33.4. The smallest absolute Gasteiger partial charge is 0.462 e. The van der Waals surface area contributed by atoms with Crippen LogP contribution in [0.3, 0.4) is 0 Å². The first-order valence-electron chi connectivity index (χ1n) is 21.6. The Morgan fingerprint density at radius 1 is 0.554 bits per heavy atom. The van der Waals surface area contributed by atoms with Crippen LogP contribution in [0.5, 0.6) is 0 Å². The van der Waals surface area contributed by atoms with Crippen molar-refractivity contribution in [2.24, 2.45) is 0 Å². The summed E-state index contributed by atoms with van der Waals surface area (Å²) in [5, 5.41) is 50.0. The normalized spacial score (nSPS) is 23.1. The number of phosphoric ester groups is 1. The number of unbranched alkanes of at least 4 members (excludes halogenated alkanes) is 19. The van der Waals surface area contributed by atoms with Crippen LogP contribution in [0.15, 0.2) is 24.3 Å². The molecule has 0 aromatic rings. The molecule has 1 aliphatic carbocycles. The van der Waals surface area contributed by atoms with Crippen LogP contribution < -0.4 is 0 Å². The minimum absolute atomic E-state index is 0.0827. The van der Waals surface area contributed by atoms with Gasteiger partial charge in [0.2, 0.25) is 0 Å². The van der Waals surface area contributed by atoms with Crippen molar-refractivity contribution < 1.29 is 63.1 Å². The van der Waals surface area contributed by atoms with E-state index in [0.717, 1.165) is 70.6 Å². The van der Waals surface area contributed by atoms with E-state index in [2.05, 4.69) is 38.2 Å². The van der Waals surface area contributed by atoms with E-state index in [0.29, 0.717) is 12.8 Å². The van der Waals surface area contributed by atoms with Crippen molar-refractivity contribution in [3.63, 3.8) is 0 Å². The van der Waals surface area contributed by atoms with Gasteiger partial charge < -0.3 is 39.9 Å². The molecule has 0 spiro atoms. The van der Waals surface area contributed by atoms with Gasteiger partial charge in [0.1, 0.15) is 43.2 Å². The summed E-state index contributed by atoms with van der Waals surface area (Å²) in [5.41, 5.74) is 0. The molecule has 1 saturated carbocycles. The third-order valence-electron chi connectivity index (χ3n) is 10.0. The number of carbonyl (C=O) groups excluding carboxylic acids is 2. The molecule has 0 bridgehead atoms. The van der Waals surface area contributed by atoms with Crippen molar-refractivity contribution in [2.75, 3.05) is 13.2 Å². The Hall–Kier alpha value is -1.67. The van der Waals surface area contributed by atoms with Crippen LogP contribution in [-0.4, -0.2) is 98.3 Å². The third-order valence-corrected chi connectivity index (χ3v) is 11.0. The van der Waals surface area contributed by atoms with Crippen LogP contribution in [0.25, 0.3) is 0 Å². The Balaban J connectivity index is 2.50. The van der Waals surface area contributed by atoms with Gasteiger partial charge in [0.15, 0.2) is 6.10 Å². The monoisotopic (exact) mass is 821 g/mol. The van der Waals surface area contributed by atoms with Crippen molar-refractivity contribution in [1.29, 1.82) is 0 Å². The molecular weight excluding hydrogens is 743 g/mol. The lowest BCUT2D eigenvalue weighted by Gasteiger charge is -2.41. The highest BCUT2D eigenvalue weighted by atomic mass is 31.2. The van der Waals surface area contributed by atoms with Crippen LogP contribution >= 0.6 is 7.82 Å². The van der Waals surface area contributed by atoms with E-state index in [9.17, 15) is 44.6 Å². The predicted octanol–water partition coefficient (Wildman–Crippen LogP) is 7.67. The lowest BCUT2D eigenvalue weighted by molar-refractivity contribution is -0.220. The Morgan fingerprint density at radius 3 is 1.52 bits per heavy atom. The first-order valence-corrected chi connectivity index (χ1v) is 23.1. The van der Waals surface area contributed by atoms with E-state index >= 15 is 0 Å². The van der Waals surface area contributed by atoms with Crippen molar-refractivity contribution in [3.8, 4) is 0 Å². The Morgan fingerprint density at radius 2 is 1.00 bits per heavy atom. The van der Waals surface area contributed by atoms with E-state index in [-0.39, 0.29) is 12.8 Å². The fraction of sp³-hybridized carbons (Fsp3) is 0.857. The van der Waals surface area contributed by atoms with Gasteiger partial charge in [-0.15, -0.1) is 0 Å². The standard InChI is InChI=1S/C42H77O13P/c1-3-5-7-9-11-13-15-17-19-20-22-24-26-28-30-35(43)52-32-34(33-53-56(50,51)55-42-40(48)38(46)37(45)39(47)41(42)49)54-36(44)31-29-27-25-23-21-18-16-14-12-10-8-6-4-2/h8,10,14,16,34,37-42,45-49H,3-7,9,11-13,15,17-33H2,1-2H3,(H,50,51)/b10-8-,16-14-. The number of hydrogen-bond donors (Lipinski definition) is 6. The number of aliphatic hydroxyl groups is 5. The number of hydrogen-bond acceptors (Lipinski definition) is 12. The summed E-state index contributed by atoms with van der Waals surface area (Å²) in [6.07, 6.45) is 21.0. The molecule has 0 aromatic heterocycles. The molecule has 1 rings (SSSR count).